The van der Waals surface area contributed by atoms with Crippen LogP contribution in [0.4, 0.5) is 0 Å². The minimum Gasteiger partial charge on any atom is -0.336 e. The predicted molar refractivity (Wildman–Crippen MR) is 109 cm³/mol. The van der Waals surface area contributed by atoms with Crippen molar-refractivity contribution in [3.63, 3.8) is 0 Å². The van der Waals surface area contributed by atoms with E-state index in [4.69, 9.17) is 5.26 Å². The van der Waals surface area contributed by atoms with Gasteiger partial charge in [-0.05, 0) is 67.1 Å². The van der Waals surface area contributed by atoms with Crippen LogP contribution in [0.2, 0.25) is 0 Å². The normalized spacial score (nSPS) is 17.4. The van der Waals surface area contributed by atoms with Gasteiger partial charge in [-0.3, -0.25) is 4.79 Å². The quantitative estimate of drug-likeness (QED) is 0.780. The van der Waals surface area contributed by atoms with Crippen molar-refractivity contribution >= 4 is 15.9 Å². The largest absolute Gasteiger partial charge is 0.336 e. The maximum absolute atomic E-state index is 13.1. The summed E-state index contributed by atoms with van der Waals surface area (Å²) >= 11 is 0. The Bertz CT molecular complexity index is 1080. The zero-order valence-electron chi connectivity index (χ0n) is 16.2. The zero-order chi connectivity index (χ0) is 20.4. The minimum absolute atomic E-state index is 0.173. The number of amides is 1. The lowest BCUT2D eigenvalue weighted by Crippen LogP contribution is -2.50. The van der Waals surface area contributed by atoms with Crippen molar-refractivity contribution in [1.29, 1.82) is 5.26 Å². The van der Waals surface area contributed by atoms with E-state index in [1.54, 1.807) is 35.2 Å². The third-order valence-corrected chi connectivity index (χ3v) is 7.62. The van der Waals surface area contributed by atoms with Gasteiger partial charge in [0.15, 0.2) is 0 Å². The lowest BCUT2D eigenvalue weighted by Gasteiger charge is -2.34. The van der Waals surface area contributed by atoms with Gasteiger partial charge in [-0.1, -0.05) is 12.1 Å². The average Bonchev–Trinajstić information content (AvgIpc) is 2.78. The molecule has 4 rings (SSSR count). The second-order valence-electron chi connectivity index (χ2n) is 7.53. The molecule has 0 atom stereocenters. The molecule has 2 aromatic rings. The number of sulfonamides is 1. The van der Waals surface area contributed by atoms with Crippen molar-refractivity contribution in [1.82, 2.24) is 9.21 Å². The lowest BCUT2D eigenvalue weighted by molar-refractivity contribution is 0.0698. The van der Waals surface area contributed by atoms with Crippen LogP contribution >= 0.6 is 0 Å². The number of aryl methyl sites for hydroxylation is 2. The molecule has 2 aromatic carbocycles. The summed E-state index contributed by atoms with van der Waals surface area (Å²) in [7, 11) is -3.57. The number of hydrogen-bond acceptors (Lipinski definition) is 4. The van der Waals surface area contributed by atoms with E-state index in [9.17, 15) is 13.2 Å². The number of carbonyl (C=O) groups is 1. The Balaban J connectivity index is 1.46. The van der Waals surface area contributed by atoms with E-state index in [0.29, 0.717) is 29.1 Å². The molecule has 7 heteroatoms. The zero-order valence-corrected chi connectivity index (χ0v) is 17.0. The van der Waals surface area contributed by atoms with Crippen LogP contribution in [0.15, 0.2) is 47.4 Å². The summed E-state index contributed by atoms with van der Waals surface area (Å²) in [6.45, 7) is 1.20. The Morgan fingerprint density at radius 1 is 0.931 bits per heavy atom. The molecule has 1 amide bonds. The van der Waals surface area contributed by atoms with E-state index in [-0.39, 0.29) is 19.0 Å². The fourth-order valence-electron chi connectivity index (χ4n) is 4.06. The van der Waals surface area contributed by atoms with Gasteiger partial charge < -0.3 is 4.90 Å². The lowest BCUT2D eigenvalue weighted by atomic mass is 9.92. The molecule has 0 aromatic heterocycles. The summed E-state index contributed by atoms with van der Waals surface area (Å²) in [4.78, 5) is 14.7. The standard InChI is InChI=1S/C22H23N3O3S/c23-16-17-4-3-7-20(14-17)22(26)24-10-12-25(13-11-24)29(27,28)21-9-8-18-5-1-2-6-19(18)15-21/h3-4,7-9,14-15H,1-2,5-6,10-13H2. The molecule has 0 unspecified atom stereocenters. The van der Waals surface area contributed by atoms with Crippen molar-refractivity contribution < 1.29 is 13.2 Å². The smallest absolute Gasteiger partial charge is 0.253 e. The Morgan fingerprint density at radius 3 is 2.38 bits per heavy atom. The first kappa shape index (κ1) is 19.6. The summed E-state index contributed by atoms with van der Waals surface area (Å²) in [5, 5.41) is 9.01. The molecule has 150 valence electrons. The van der Waals surface area contributed by atoms with Gasteiger partial charge in [0.2, 0.25) is 10.0 Å². The summed E-state index contributed by atoms with van der Waals surface area (Å²) in [5.41, 5.74) is 3.29. The van der Waals surface area contributed by atoms with E-state index in [1.807, 2.05) is 18.2 Å². The molecule has 2 aliphatic rings. The average molecular weight is 410 g/mol. The van der Waals surface area contributed by atoms with Crippen LogP contribution in [-0.4, -0.2) is 49.7 Å². The SMILES string of the molecule is N#Cc1cccc(C(=O)N2CCN(S(=O)(=O)c3ccc4c(c3)CCCC4)CC2)c1. The van der Waals surface area contributed by atoms with Gasteiger partial charge in [-0.25, -0.2) is 8.42 Å². The first-order chi connectivity index (χ1) is 14.0. The van der Waals surface area contributed by atoms with Crippen LogP contribution in [0.3, 0.4) is 0 Å². The first-order valence-electron chi connectivity index (χ1n) is 9.90. The van der Waals surface area contributed by atoms with Crippen molar-refractivity contribution in [2.24, 2.45) is 0 Å². The van der Waals surface area contributed by atoms with Crippen LogP contribution in [0, 0.1) is 11.3 Å². The Labute approximate surface area is 171 Å². The van der Waals surface area contributed by atoms with Crippen molar-refractivity contribution in [3.05, 3.63) is 64.7 Å². The molecule has 1 heterocycles. The second-order valence-corrected chi connectivity index (χ2v) is 9.46. The van der Waals surface area contributed by atoms with Crippen LogP contribution < -0.4 is 0 Å². The third kappa shape index (κ3) is 3.91. The Kier molecular flexibility index (Phi) is 5.39. The molecular weight excluding hydrogens is 386 g/mol. The highest BCUT2D eigenvalue weighted by Gasteiger charge is 2.31. The highest BCUT2D eigenvalue weighted by atomic mass is 32.2. The Morgan fingerprint density at radius 2 is 1.66 bits per heavy atom. The molecule has 1 saturated heterocycles. The third-order valence-electron chi connectivity index (χ3n) is 5.72. The predicted octanol–water partition coefficient (Wildman–Crippen LogP) is 2.58. The van der Waals surface area contributed by atoms with Gasteiger partial charge in [0, 0.05) is 31.7 Å². The fourth-order valence-corrected chi connectivity index (χ4v) is 5.53. The van der Waals surface area contributed by atoms with Gasteiger partial charge in [0.05, 0.1) is 16.5 Å². The molecule has 29 heavy (non-hydrogen) atoms. The monoisotopic (exact) mass is 409 g/mol. The van der Waals surface area contributed by atoms with Crippen molar-refractivity contribution in [2.45, 2.75) is 30.6 Å². The Hall–Kier alpha value is -2.69. The summed E-state index contributed by atoms with van der Waals surface area (Å²) in [6.07, 6.45) is 4.21. The van der Waals surface area contributed by atoms with E-state index in [2.05, 4.69) is 0 Å². The molecular formula is C22H23N3O3S. The number of nitriles is 1. The topological polar surface area (TPSA) is 81.5 Å². The van der Waals surface area contributed by atoms with Crippen LogP contribution in [0.25, 0.3) is 0 Å². The molecule has 0 radical (unpaired) electrons. The molecule has 1 fully saturated rings. The molecule has 1 aliphatic carbocycles. The second kappa shape index (κ2) is 7.97. The van der Waals surface area contributed by atoms with E-state index in [1.165, 1.54) is 9.87 Å². The van der Waals surface area contributed by atoms with Gasteiger partial charge in [0.1, 0.15) is 0 Å². The number of carbonyl (C=O) groups excluding carboxylic acids is 1. The van der Waals surface area contributed by atoms with Crippen LogP contribution in [0.1, 0.15) is 39.9 Å². The highest BCUT2D eigenvalue weighted by Crippen LogP contribution is 2.26. The fraction of sp³-hybridized carbons (Fsp3) is 0.364. The van der Waals surface area contributed by atoms with Crippen LogP contribution in [-0.2, 0) is 22.9 Å². The minimum atomic E-state index is -3.57. The van der Waals surface area contributed by atoms with Crippen LogP contribution in [0.5, 0.6) is 0 Å². The molecule has 0 N–H and O–H groups in total. The van der Waals surface area contributed by atoms with Gasteiger partial charge in [-0.15, -0.1) is 0 Å². The number of hydrogen-bond donors (Lipinski definition) is 0. The highest BCUT2D eigenvalue weighted by molar-refractivity contribution is 7.89. The van der Waals surface area contributed by atoms with Gasteiger partial charge >= 0.3 is 0 Å². The van der Waals surface area contributed by atoms with Crippen molar-refractivity contribution in [2.75, 3.05) is 26.2 Å². The maximum Gasteiger partial charge on any atom is 0.253 e. The molecule has 1 aliphatic heterocycles. The molecule has 6 nitrogen and oxygen atoms in total. The summed E-state index contributed by atoms with van der Waals surface area (Å²) < 4.78 is 27.6. The molecule has 0 spiro atoms. The summed E-state index contributed by atoms with van der Waals surface area (Å²) in [6, 6.07) is 14.1. The number of benzene rings is 2. The van der Waals surface area contributed by atoms with Gasteiger partial charge in [0.25, 0.3) is 5.91 Å². The molecule has 0 saturated carbocycles. The van der Waals surface area contributed by atoms with E-state index < -0.39 is 10.0 Å². The number of fused-ring (bicyclic) bond motifs is 1. The molecule has 0 bridgehead atoms. The first-order valence-corrected chi connectivity index (χ1v) is 11.3. The summed E-state index contributed by atoms with van der Waals surface area (Å²) in [5.74, 6) is -0.173. The van der Waals surface area contributed by atoms with Gasteiger partial charge in [-0.2, -0.15) is 9.57 Å². The van der Waals surface area contributed by atoms with E-state index >= 15 is 0 Å². The number of nitrogens with zero attached hydrogens (tertiary/aromatic N) is 3. The number of rotatable bonds is 3. The number of piperazine rings is 1. The van der Waals surface area contributed by atoms with E-state index in [0.717, 1.165) is 31.2 Å². The van der Waals surface area contributed by atoms with Crippen molar-refractivity contribution in [3.8, 4) is 6.07 Å². The maximum atomic E-state index is 13.1.